The number of rotatable bonds is 3. The Bertz CT molecular complexity index is 726. The number of ether oxygens (including phenoxy) is 1. The molecule has 0 aliphatic rings. The van der Waals surface area contributed by atoms with E-state index >= 15 is 0 Å². The maximum absolute atomic E-state index is 11.7. The van der Waals surface area contributed by atoms with Crippen LogP contribution in [0.3, 0.4) is 0 Å². The molecule has 0 atom stereocenters. The summed E-state index contributed by atoms with van der Waals surface area (Å²) >= 11 is 0. The molecule has 0 radical (unpaired) electrons. The molecule has 3 aromatic rings. The lowest BCUT2D eigenvalue weighted by Gasteiger charge is -2.03. The summed E-state index contributed by atoms with van der Waals surface area (Å²) in [5.41, 5.74) is 1.72. The fourth-order valence-corrected chi connectivity index (χ4v) is 1.79. The molecule has 2 aromatic heterocycles. The molecule has 0 aliphatic heterocycles. The average Bonchev–Trinajstić information content (AvgIpc) is 2.97. The van der Waals surface area contributed by atoms with Gasteiger partial charge >= 0.3 is 6.09 Å². The van der Waals surface area contributed by atoms with E-state index in [1.165, 1.54) is 0 Å². The second kappa shape index (κ2) is 5.87. The fourth-order valence-electron chi connectivity index (χ4n) is 1.79. The summed E-state index contributed by atoms with van der Waals surface area (Å²) in [4.78, 5) is 15.7. The van der Waals surface area contributed by atoms with Crippen molar-refractivity contribution in [2.24, 2.45) is 0 Å². The number of anilines is 1. The number of aromatic nitrogens is 3. The molecule has 1 aromatic carbocycles. The highest BCUT2D eigenvalue weighted by Crippen LogP contribution is 2.18. The van der Waals surface area contributed by atoms with Crippen molar-refractivity contribution in [1.29, 1.82) is 0 Å². The summed E-state index contributed by atoms with van der Waals surface area (Å²) in [5.74, 6) is 0.864. The van der Waals surface area contributed by atoms with Crippen molar-refractivity contribution >= 4 is 11.9 Å². The number of carbonyl (C=O) groups is 1. The van der Waals surface area contributed by atoms with E-state index in [9.17, 15) is 4.79 Å². The Morgan fingerprint density at radius 3 is 2.62 bits per heavy atom. The van der Waals surface area contributed by atoms with E-state index in [1.807, 2.05) is 18.2 Å². The number of nitrogens with one attached hydrogen (secondary N) is 2. The Morgan fingerprint density at radius 2 is 1.86 bits per heavy atom. The first-order chi connectivity index (χ1) is 10.3. The van der Waals surface area contributed by atoms with E-state index in [4.69, 9.17) is 4.74 Å². The van der Waals surface area contributed by atoms with Crippen LogP contribution < -0.4 is 10.1 Å². The molecule has 2 N–H and O–H groups in total. The van der Waals surface area contributed by atoms with Gasteiger partial charge < -0.3 is 4.74 Å². The second-order valence-electron chi connectivity index (χ2n) is 4.23. The Balaban J connectivity index is 1.66. The van der Waals surface area contributed by atoms with Gasteiger partial charge in [-0.05, 0) is 24.3 Å². The average molecular weight is 280 g/mol. The van der Waals surface area contributed by atoms with Crippen molar-refractivity contribution in [3.8, 4) is 17.0 Å². The number of nitrogens with zero attached hydrogens (tertiary/aromatic N) is 2. The topological polar surface area (TPSA) is 79.9 Å². The Hall–Kier alpha value is -3.15. The minimum Gasteiger partial charge on any atom is -0.410 e. The first-order valence-corrected chi connectivity index (χ1v) is 6.31. The molecular weight excluding hydrogens is 268 g/mol. The number of amides is 1. The number of hydrogen-bond acceptors (Lipinski definition) is 4. The van der Waals surface area contributed by atoms with Crippen LogP contribution in [0.2, 0.25) is 0 Å². The van der Waals surface area contributed by atoms with Crippen LogP contribution in [0.15, 0.2) is 60.9 Å². The summed E-state index contributed by atoms with van der Waals surface area (Å²) in [5, 5.41) is 9.42. The molecule has 1 amide bonds. The minimum atomic E-state index is -0.589. The van der Waals surface area contributed by atoms with Crippen LogP contribution in [0.4, 0.5) is 10.6 Å². The first kappa shape index (κ1) is 12.9. The van der Waals surface area contributed by atoms with Gasteiger partial charge in [-0.2, -0.15) is 5.10 Å². The zero-order chi connectivity index (χ0) is 14.5. The highest BCUT2D eigenvalue weighted by molar-refractivity contribution is 5.85. The van der Waals surface area contributed by atoms with Gasteiger partial charge in [-0.15, -0.1) is 0 Å². The Morgan fingerprint density at radius 1 is 1.10 bits per heavy atom. The van der Waals surface area contributed by atoms with Gasteiger partial charge in [0.05, 0.1) is 5.69 Å². The van der Waals surface area contributed by atoms with Gasteiger partial charge in [-0.1, -0.05) is 18.2 Å². The van der Waals surface area contributed by atoms with Crippen molar-refractivity contribution in [2.75, 3.05) is 5.32 Å². The third-order valence-electron chi connectivity index (χ3n) is 2.75. The van der Waals surface area contributed by atoms with Crippen LogP contribution in [-0.4, -0.2) is 21.3 Å². The smallest absolute Gasteiger partial charge is 0.410 e. The third-order valence-corrected chi connectivity index (χ3v) is 2.75. The molecule has 0 fully saturated rings. The van der Waals surface area contributed by atoms with Crippen LogP contribution in [0.5, 0.6) is 5.75 Å². The Labute approximate surface area is 120 Å². The van der Waals surface area contributed by atoms with E-state index < -0.39 is 6.09 Å². The summed E-state index contributed by atoms with van der Waals surface area (Å²) in [6.07, 6.45) is 2.79. The van der Waals surface area contributed by atoms with Gasteiger partial charge in [-0.3, -0.25) is 15.4 Å². The number of benzene rings is 1. The number of hydrogen-bond donors (Lipinski definition) is 2. The molecule has 0 aliphatic carbocycles. The normalized spacial score (nSPS) is 10.1. The number of para-hydroxylation sites is 1. The van der Waals surface area contributed by atoms with Crippen LogP contribution >= 0.6 is 0 Å². The lowest BCUT2D eigenvalue weighted by atomic mass is 10.2. The molecule has 0 spiro atoms. The molecule has 6 heteroatoms. The highest BCUT2D eigenvalue weighted by atomic mass is 16.6. The van der Waals surface area contributed by atoms with Gasteiger partial charge in [-0.25, -0.2) is 4.79 Å². The molecular formula is C15H12N4O2. The van der Waals surface area contributed by atoms with Crippen molar-refractivity contribution in [3.63, 3.8) is 0 Å². The van der Waals surface area contributed by atoms with Crippen LogP contribution in [0, 0.1) is 0 Å². The molecule has 3 rings (SSSR count). The molecule has 2 heterocycles. The van der Waals surface area contributed by atoms with Gasteiger partial charge in [0.25, 0.3) is 0 Å². The minimum absolute atomic E-state index is 0.391. The zero-order valence-electron chi connectivity index (χ0n) is 11.0. The van der Waals surface area contributed by atoms with Crippen LogP contribution in [0.1, 0.15) is 0 Å². The van der Waals surface area contributed by atoms with Crippen LogP contribution in [0.25, 0.3) is 11.3 Å². The van der Waals surface area contributed by atoms with E-state index in [2.05, 4.69) is 20.5 Å². The molecule has 0 bridgehead atoms. The summed E-state index contributed by atoms with van der Waals surface area (Å²) in [7, 11) is 0. The molecule has 6 nitrogen and oxygen atoms in total. The molecule has 0 saturated carbocycles. The lowest BCUT2D eigenvalue weighted by molar-refractivity contribution is 0.215. The van der Waals surface area contributed by atoms with Crippen molar-refractivity contribution in [1.82, 2.24) is 15.2 Å². The maximum atomic E-state index is 11.7. The van der Waals surface area contributed by atoms with Gasteiger partial charge in [0, 0.05) is 24.0 Å². The number of aromatic amines is 1. The van der Waals surface area contributed by atoms with E-state index in [-0.39, 0.29) is 0 Å². The van der Waals surface area contributed by atoms with Crippen molar-refractivity contribution in [2.45, 2.75) is 0 Å². The first-order valence-electron chi connectivity index (χ1n) is 6.31. The highest BCUT2D eigenvalue weighted by Gasteiger charge is 2.08. The standard InChI is InChI=1S/C15H12N4O2/c20-15(21-12-4-2-1-3-5-12)17-14-10-13(18-19-14)11-6-8-16-9-7-11/h1-10H,(H2,17,18,19,20). The predicted octanol–water partition coefficient (Wildman–Crippen LogP) is 3.08. The molecule has 104 valence electrons. The Kier molecular flexibility index (Phi) is 3.60. The van der Waals surface area contributed by atoms with E-state index in [0.29, 0.717) is 11.6 Å². The van der Waals surface area contributed by atoms with E-state index in [1.54, 1.807) is 42.7 Å². The zero-order valence-corrected chi connectivity index (χ0v) is 11.0. The summed E-state index contributed by atoms with van der Waals surface area (Å²) in [6, 6.07) is 14.2. The number of H-pyrrole nitrogens is 1. The molecule has 0 unspecified atom stereocenters. The van der Waals surface area contributed by atoms with Crippen molar-refractivity contribution < 1.29 is 9.53 Å². The van der Waals surface area contributed by atoms with Gasteiger partial charge in [0.15, 0.2) is 5.82 Å². The fraction of sp³-hybridized carbons (Fsp3) is 0. The van der Waals surface area contributed by atoms with Crippen LogP contribution in [-0.2, 0) is 0 Å². The summed E-state index contributed by atoms with van der Waals surface area (Å²) < 4.78 is 5.12. The molecule has 0 saturated heterocycles. The summed E-state index contributed by atoms with van der Waals surface area (Å²) in [6.45, 7) is 0. The van der Waals surface area contributed by atoms with Crippen molar-refractivity contribution in [3.05, 3.63) is 60.9 Å². The molecule has 21 heavy (non-hydrogen) atoms. The monoisotopic (exact) mass is 280 g/mol. The maximum Gasteiger partial charge on any atom is 0.418 e. The van der Waals surface area contributed by atoms with Gasteiger partial charge in [0.2, 0.25) is 0 Å². The van der Waals surface area contributed by atoms with Gasteiger partial charge in [0.1, 0.15) is 5.75 Å². The van der Waals surface area contributed by atoms with E-state index in [0.717, 1.165) is 11.3 Å². The largest absolute Gasteiger partial charge is 0.418 e. The SMILES string of the molecule is O=C(Nc1cc(-c2ccncc2)[nH]n1)Oc1ccccc1. The number of pyridine rings is 1. The quantitative estimate of drug-likeness (QED) is 0.772. The second-order valence-corrected chi connectivity index (χ2v) is 4.23. The lowest BCUT2D eigenvalue weighted by Crippen LogP contribution is -2.16. The number of carbonyl (C=O) groups excluding carboxylic acids is 1. The third kappa shape index (κ3) is 3.24. The predicted molar refractivity (Wildman–Crippen MR) is 77.9 cm³/mol.